The number of carbonyl (C=O) groups excluding carboxylic acids is 1. The molecule has 0 spiro atoms. The van der Waals surface area contributed by atoms with E-state index in [2.05, 4.69) is 43.5 Å². The van der Waals surface area contributed by atoms with Crippen molar-refractivity contribution in [2.24, 2.45) is 0 Å². The van der Waals surface area contributed by atoms with E-state index < -0.39 is 74.2 Å². The molecule has 1 fully saturated rings. The van der Waals surface area contributed by atoms with Crippen molar-refractivity contribution >= 4 is 5.91 Å². The lowest BCUT2D eigenvalue weighted by molar-refractivity contribution is -0.303. The third-order valence-corrected chi connectivity index (χ3v) is 18.2. The first-order valence-corrected chi connectivity index (χ1v) is 37.2. The van der Waals surface area contributed by atoms with Crippen LogP contribution in [0.25, 0.3) is 0 Å². The Morgan fingerprint density at radius 3 is 1.05 bits per heavy atom. The van der Waals surface area contributed by atoms with Gasteiger partial charge in [0.1, 0.15) is 36.6 Å². The summed E-state index contributed by atoms with van der Waals surface area (Å²) >= 11 is 0. The molecule has 0 aromatic rings. The van der Waals surface area contributed by atoms with E-state index >= 15 is 0 Å². The number of rotatable bonds is 66. The molecule has 9 atom stereocenters. The average Bonchev–Trinajstić information content (AvgIpc) is 3.64. The molecule has 1 saturated heterocycles. The number of amides is 1. The van der Waals surface area contributed by atoms with E-state index in [9.17, 15) is 40.5 Å². The lowest BCUT2D eigenvalue weighted by atomic mass is 9.98. The fourth-order valence-electron chi connectivity index (χ4n) is 12.3. The van der Waals surface area contributed by atoms with Crippen molar-refractivity contribution in [3.63, 3.8) is 0 Å². The van der Waals surface area contributed by atoms with E-state index in [1.54, 1.807) is 0 Å². The number of hydrogen-bond acceptors (Lipinski definition) is 10. The quantitative estimate of drug-likeness (QED) is 0.0215. The van der Waals surface area contributed by atoms with Crippen molar-refractivity contribution in [1.29, 1.82) is 0 Å². The normalized spacial score (nSPS) is 18.9. The van der Waals surface area contributed by atoms with E-state index in [1.165, 1.54) is 289 Å². The number of nitrogens with one attached hydrogen (secondary N) is 1. The third-order valence-electron chi connectivity index (χ3n) is 18.2. The molecule has 1 rings (SSSR count). The summed E-state index contributed by atoms with van der Waals surface area (Å²) in [6.07, 6.45) is 68.6. The van der Waals surface area contributed by atoms with E-state index in [1.807, 2.05) is 0 Å². The highest BCUT2D eigenvalue weighted by molar-refractivity contribution is 5.80. The molecule has 85 heavy (non-hydrogen) atoms. The van der Waals surface area contributed by atoms with Crippen molar-refractivity contribution in [3.05, 3.63) is 24.3 Å². The second-order valence-corrected chi connectivity index (χ2v) is 26.4. The molecule has 0 saturated carbocycles. The van der Waals surface area contributed by atoms with Crippen LogP contribution in [0.1, 0.15) is 373 Å². The van der Waals surface area contributed by atoms with Crippen LogP contribution in [0, 0.1) is 0 Å². The van der Waals surface area contributed by atoms with E-state index in [-0.39, 0.29) is 12.8 Å². The van der Waals surface area contributed by atoms with Crippen LogP contribution in [0.4, 0.5) is 0 Å². The van der Waals surface area contributed by atoms with Gasteiger partial charge in [-0.15, -0.1) is 0 Å². The standard InChI is InChI=1S/C74H143NO10/c1-3-5-7-9-11-13-15-17-19-21-23-25-27-29-31-32-33-34-35-36-38-40-42-44-46-48-50-52-54-56-58-60-62-67(78)73(83)75-65(64-84-74-72(82)71(81)70(80)68(63-76)85-74)69(79)66(77)61-59-57-55-53-51-49-47-45-43-41-39-37-30-28-26-24-22-20-18-16-14-12-10-8-6-4-2/h45,47,53,55,65-72,74,76-82H,3-44,46,48-52,54,56-64H2,1-2H3,(H,75,83)/b47-45+,55-53+. The number of allylic oxidation sites excluding steroid dienone is 4. The van der Waals surface area contributed by atoms with Crippen LogP contribution >= 0.6 is 0 Å². The van der Waals surface area contributed by atoms with Crippen molar-refractivity contribution in [1.82, 2.24) is 5.32 Å². The van der Waals surface area contributed by atoms with Gasteiger partial charge in [-0.3, -0.25) is 4.79 Å². The van der Waals surface area contributed by atoms with Gasteiger partial charge in [-0.2, -0.15) is 0 Å². The van der Waals surface area contributed by atoms with Crippen molar-refractivity contribution in [2.45, 2.75) is 428 Å². The van der Waals surface area contributed by atoms with Gasteiger partial charge < -0.3 is 50.5 Å². The van der Waals surface area contributed by atoms with Crippen LogP contribution in [-0.2, 0) is 14.3 Å². The van der Waals surface area contributed by atoms with Gasteiger partial charge in [0.25, 0.3) is 0 Å². The Hall–Kier alpha value is -1.41. The molecule has 504 valence electrons. The Labute approximate surface area is 524 Å². The smallest absolute Gasteiger partial charge is 0.249 e. The second-order valence-electron chi connectivity index (χ2n) is 26.4. The number of ether oxygens (including phenoxy) is 2. The lowest BCUT2D eigenvalue weighted by Gasteiger charge is -2.40. The predicted molar refractivity (Wildman–Crippen MR) is 358 cm³/mol. The average molecular weight is 1210 g/mol. The Bertz CT molecular complexity index is 1430. The summed E-state index contributed by atoms with van der Waals surface area (Å²) in [5, 5.41) is 76.5. The van der Waals surface area contributed by atoms with Crippen LogP contribution in [0.15, 0.2) is 24.3 Å². The third kappa shape index (κ3) is 50.0. The van der Waals surface area contributed by atoms with E-state index in [0.717, 1.165) is 38.5 Å². The van der Waals surface area contributed by atoms with Gasteiger partial charge in [-0.05, 0) is 51.4 Å². The van der Waals surface area contributed by atoms with E-state index in [0.29, 0.717) is 19.3 Å². The summed E-state index contributed by atoms with van der Waals surface area (Å²) in [4.78, 5) is 13.3. The molecule has 0 bridgehead atoms. The van der Waals surface area contributed by atoms with Crippen molar-refractivity contribution < 1.29 is 50.0 Å². The molecule has 9 unspecified atom stereocenters. The van der Waals surface area contributed by atoms with Crippen LogP contribution in [-0.4, -0.2) is 110 Å². The second kappa shape index (κ2) is 62.8. The van der Waals surface area contributed by atoms with Gasteiger partial charge in [0.05, 0.1) is 25.4 Å². The first-order chi connectivity index (χ1) is 41.7. The number of carbonyl (C=O) groups is 1. The highest BCUT2D eigenvalue weighted by atomic mass is 16.7. The summed E-state index contributed by atoms with van der Waals surface area (Å²) in [5.41, 5.74) is 0. The summed E-state index contributed by atoms with van der Waals surface area (Å²) in [6.45, 7) is 3.50. The molecule has 8 N–H and O–H groups in total. The van der Waals surface area contributed by atoms with Crippen molar-refractivity contribution in [3.8, 4) is 0 Å². The summed E-state index contributed by atoms with van der Waals surface area (Å²) in [6, 6.07) is -1.19. The minimum atomic E-state index is -1.67. The molecular weight excluding hydrogens is 1060 g/mol. The zero-order valence-corrected chi connectivity index (χ0v) is 55.9. The SMILES string of the molecule is CCCCCCCCCCCCCCCCCCC/C=C/CC/C=C/CCCC(O)C(O)C(COC1OC(CO)C(O)C(O)C1O)NC(=O)C(O)CCCCCCCCCCCCCCCCCCCCCCCCCCCCCCCCCC. The molecule has 1 aliphatic rings. The number of aliphatic hydroxyl groups excluding tert-OH is 7. The van der Waals surface area contributed by atoms with Gasteiger partial charge in [-0.25, -0.2) is 0 Å². The molecule has 1 amide bonds. The Morgan fingerprint density at radius 1 is 0.400 bits per heavy atom. The van der Waals surface area contributed by atoms with Crippen LogP contribution < -0.4 is 5.32 Å². The molecule has 11 nitrogen and oxygen atoms in total. The number of hydrogen-bond donors (Lipinski definition) is 8. The highest BCUT2D eigenvalue weighted by Gasteiger charge is 2.44. The molecule has 1 aliphatic heterocycles. The zero-order valence-electron chi connectivity index (χ0n) is 55.9. The van der Waals surface area contributed by atoms with Crippen molar-refractivity contribution in [2.75, 3.05) is 13.2 Å². The summed E-state index contributed by atoms with van der Waals surface area (Å²) < 4.78 is 11.2. The maximum atomic E-state index is 13.3. The predicted octanol–water partition coefficient (Wildman–Crippen LogP) is 18.4. The molecule has 0 radical (unpaired) electrons. The topological polar surface area (TPSA) is 189 Å². The van der Waals surface area contributed by atoms with Gasteiger partial charge in [-0.1, -0.05) is 346 Å². The minimum Gasteiger partial charge on any atom is -0.394 e. The van der Waals surface area contributed by atoms with Crippen LogP contribution in [0.5, 0.6) is 0 Å². The largest absolute Gasteiger partial charge is 0.394 e. The van der Waals surface area contributed by atoms with Gasteiger partial charge >= 0.3 is 0 Å². The molecule has 0 aliphatic carbocycles. The molecular formula is C74H143NO10. The summed E-state index contributed by atoms with van der Waals surface area (Å²) in [5.74, 6) is -0.702. The first kappa shape index (κ1) is 81.6. The summed E-state index contributed by atoms with van der Waals surface area (Å²) in [7, 11) is 0. The van der Waals surface area contributed by atoms with Crippen LogP contribution in [0.2, 0.25) is 0 Å². The lowest BCUT2D eigenvalue weighted by Crippen LogP contribution is -2.60. The Morgan fingerprint density at radius 2 is 0.706 bits per heavy atom. The molecule has 0 aromatic carbocycles. The fraction of sp³-hybridized carbons (Fsp3) is 0.932. The number of unbranched alkanes of at least 4 members (excludes halogenated alkanes) is 50. The monoisotopic (exact) mass is 1210 g/mol. The van der Waals surface area contributed by atoms with E-state index in [4.69, 9.17) is 9.47 Å². The number of aliphatic hydroxyl groups is 7. The highest BCUT2D eigenvalue weighted by Crippen LogP contribution is 2.24. The van der Waals surface area contributed by atoms with Crippen LogP contribution in [0.3, 0.4) is 0 Å². The maximum absolute atomic E-state index is 13.3. The van der Waals surface area contributed by atoms with Gasteiger partial charge in [0.15, 0.2) is 6.29 Å². The minimum absolute atomic E-state index is 0.249. The fourth-order valence-corrected chi connectivity index (χ4v) is 12.3. The Kier molecular flexibility index (Phi) is 60.3. The first-order valence-electron chi connectivity index (χ1n) is 37.2. The zero-order chi connectivity index (χ0) is 61.7. The van der Waals surface area contributed by atoms with Gasteiger partial charge in [0.2, 0.25) is 5.91 Å². The molecule has 1 heterocycles. The molecule has 11 heteroatoms. The molecule has 0 aromatic heterocycles. The van der Waals surface area contributed by atoms with Gasteiger partial charge in [0, 0.05) is 0 Å². The maximum Gasteiger partial charge on any atom is 0.249 e. The Balaban J connectivity index is 2.18.